The maximum Gasteiger partial charge on any atom is 0.0991 e. The van der Waals surface area contributed by atoms with Crippen LogP contribution in [-0.2, 0) is 0 Å². The number of nitriles is 1. The largest absolute Gasteiger partial charge is 0.411 e. The Balaban J connectivity index is 2.96. The highest BCUT2D eigenvalue weighted by molar-refractivity contribution is 6.01. The topological polar surface area (TPSA) is 56.4 Å². The van der Waals surface area contributed by atoms with Gasteiger partial charge in [-0.1, -0.05) is 23.4 Å². The van der Waals surface area contributed by atoms with Crippen molar-refractivity contribution in [3.05, 3.63) is 48.0 Å². The van der Waals surface area contributed by atoms with Gasteiger partial charge in [0.2, 0.25) is 0 Å². The summed E-state index contributed by atoms with van der Waals surface area (Å²) >= 11 is 0. The minimum absolute atomic E-state index is 0.502. The van der Waals surface area contributed by atoms with E-state index in [1.54, 1.807) is 30.3 Å². The molecule has 0 saturated carbocycles. The quantitative estimate of drug-likeness (QED) is 0.341. The molecule has 0 atom stereocenters. The first kappa shape index (κ1) is 10.0. The molecule has 3 nitrogen and oxygen atoms in total. The van der Waals surface area contributed by atoms with E-state index in [0.717, 1.165) is 5.56 Å². The van der Waals surface area contributed by atoms with Crippen LogP contribution in [0.15, 0.2) is 42.1 Å². The van der Waals surface area contributed by atoms with E-state index in [1.165, 1.54) is 0 Å². The summed E-state index contributed by atoms with van der Waals surface area (Å²) in [6.07, 6.45) is 2.16. The second-order valence-electron chi connectivity index (χ2n) is 2.73. The van der Waals surface area contributed by atoms with Gasteiger partial charge in [0.15, 0.2) is 0 Å². The minimum atomic E-state index is 0.502. The van der Waals surface area contributed by atoms with Crippen molar-refractivity contribution >= 4 is 5.71 Å². The van der Waals surface area contributed by atoms with Crippen molar-refractivity contribution in [2.45, 2.75) is 6.42 Å². The van der Waals surface area contributed by atoms with Crippen molar-refractivity contribution in [2.24, 2.45) is 5.16 Å². The molecule has 14 heavy (non-hydrogen) atoms. The molecule has 1 N–H and O–H groups in total. The molecule has 0 fully saturated rings. The van der Waals surface area contributed by atoms with Crippen LogP contribution in [0.4, 0.5) is 0 Å². The van der Waals surface area contributed by atoms with E-state index in [-0.39, 0.29) is 0 Å². The number of allylic oxidation sites excluding steroid dienone is 1. The monoisotopic (exact) mass is 186 g/mol. The Morgan fingerprint density at radius 1 is 1.50 bits per heavy atom. The number of benzene rings is 1. The predicted molar refractivity (Wildman–Crippen MR) is 54.3 cm³/mol. The third-order valence-corrected chi connectivity index (χ3v) is 1.81. The molecule has 0 bridgehead atoms. The molecule has 1 aromatic rings. The van der Waals surface area contributed by atoms with Crippen molar-refractivity contribution < 1.29 is 5.21 Å². The summed E-state index contributed by atoms with van der Waals surface area (Å²) in [6.45, 7) is 3.56. The molecule has 0 aromatic heterocycles. The molecule has 0 heterocycles. The summed E-state index contributed by atoms with van der Waals surface area (Å²) in [5, 5.41) is 20.5. The van der Waals surface area contributed by atoms with Crippen LogP contribution in [0.25, 0.3) is 0 Å². The van der Waals surface area contributed by atoms with E-state index in [4.69, 9.17) is 10.5 Å². The molecule has 1 rings (SSSR count). The molecule has 70 valence electrons. The van der Waals surface area contributed by atoms with Crippen molar-refractivity contribution in [1.29, 1.82) is 5.26 Å². The zero-order valence-electron chi connectivity index (χ0n) is 7.64. The molecule has 3 heteroatoms. The first-order valence-electron chi connectivity index (χ1n) is 4.14. The van der Waals surface area contributed by atoms with Gasteiger partial charge in [-0.15, -0.1) is 6.58 Å². The number of hydrogen-bond acceptors (Lipinski definition) is 3. The smallest absolute Gasteiger partial charge is 0.0991 e. The highest BCUT2D eigenvalue weighted by Gasteiger charge is 2.01. The van der Waals surface area contributed by atoms with Crippen molar-refractivity contribution in [3.63, 3.8) is 0 Å². The van der Waals surface area contributed by atoms with Gasteiger partial charge >= 0.3 is 0 Å². The van der Waals surface area contributed by atoms with E-state index in [9.17, 15) is 0 Å². The SMILES string of the molecule is C=CC/C(=N/O)c1ccc(C#N)cc1. The third-order valence-electron chi connectivity index (χ3n) is 1.81. The Bertz CT molecular complexity index is 385. The molecule has 0 aliphatic rings. The summed E-state index contributed by atoms with van der Waals surface area (Å²) < 4.78 is 0. The Morgan fingerprint density at radius 3 is 2.57 bits per heavy atom. The summed E-state index contributed by atoms with van der Waals surface area (Å²) in [5.74, 6) is 0. The average Bonchev–Trinajstić information content (AvgIpc) is 2.26. The molecule has 0 saturated heterocycles. The van der Waals surface area contributed by atoms with E-state index in [1.807, 2.05) is 6.07 Å². The predicted octanol–water partition coefficient (Wildman–Crippen LogP) is 2.31. The number of rotatable bonds is 3. The Kier molecular flexibility index (Phi) is 3.45. The maximum atomic E-state index is 8.71. The van der Waals surface area contributed by atoms with Gasteiger partial charge in [0.05, 0.1) is 17.3 Å². The van der Waals surface area contributed by atoms with Crippen LogP contribution in [0.1, 0.15) is 17.5 Å². The third kappa shape index (κ3) is 2.20. The van der Waals surface area contributed by atoms with Gasteiger partial charge in [-0.25, -0.2) is 0 Å². The lowest BCUT2D eigenvalue weighted by Crippen LogP contribution is -1.98. The van der Waals surface area contributed by atoms with Gasteiger partial charge < -0.3 is 5.21 Å². The lowest BCUT2D eigenvalue weighted by Gasteiger charge is -2.00. The fraction of sp³-hybridized carbons (Fsp3) is 0.0909. The molecular weight excluding hydrogens is 176 g/mol. The van der Waals surface area contributed by atoms with Crippen molar-refractivity contribution in [1.82, 2.24) is 0 Å². The van der Waals surface area contributed by atoms with Gasteiger partial charge in [0.25, 0.3) is 0 Å². The summed E-state index contributed by atoms with van der Waals surface area (Å²) in [6, 6.07) is 8.88. The first-order valence-corrected chi connectivity index (χ1v) is 4.14. The van der Waals surface area contributed by atoms with E-state index >= 15 is 0 Å². The van der Waals surface area contributed by atoms with E-state index in [0.29, 0.717) is 17.7 Å². The molecule has 0 unspecified atom stereocenters. The van der Waals surface area contributed by atoms with Crippen LogP contribution in [-0.4, -0.2) is 10.9 Å². The highest BCUT2D eigenvalue weighted by atomic mass is 16.4. The van der Waals surface area contributed by atoms with Crippen LogP contribution in [0.5, 0.6) is 0 Å². The molecule has 0 aliphatic heterocycles. The number of nitrogens with zero attached hydrogens (tertiary/aromatic N) is 2. The molecule has 1 aromatic carbocycles. The van der Waals surface area contributed by atoms with Crippen LogP contribution in [0.3, 0.4) is 0 Å². The summed E-state index contributed by atoms with van der Waals surface area (Å²) in [7, 11) is 0. The molecular formula is C11H10N2O. The van der Waals surface area contributed by atoms with Gasteiger partial charge in [-0.2, -0.15) is 5.26 Å². The molecule has 0 amide bonds. The normalized spacial score (nSPS) is 10.6. The summed E-state index contributed by atoms with van der Waals surface area (Å²) in [5.41, 5.74) is 1.93. The van der Waals surface area contributed by atoms with Gasteiger partial charge in [-0.3, -0.25) is 0 Å². The van der Waals surface area contributed by atoms with Crippen LogP contribution < -0.4 is 0 Å². The van der Waals surface area contributed by atoms with Gasteiger partial charge in [0.1, 0.15) is 0 Å². The standard InChI is InChI=1S/C11H10N2O/c1-2-3-11(13-14)10-6-4-9(8-12)5-7-10/h2,4-7,14H,1,3H2/b13-11-. The number of hydrogen-bond donors (Lipinski definition) is 1. The first-order chi connectivity index (χ1) is 6.81. The van der Waals surface area contributed by atoms with E-state index < -0.39 is 0 Å². The van der Waals surface area contributed by atoms with Crippen molar-refractivity contribution in [2.75, 3.05) is 0 Å². The summed E-state index contributed by atoms with van der Waals surface area (Å²) in [4.78, 5) is 0. The van der Waals surface area contributed by atoms with Crippen LogP contribution >= 0.6 is 0 Å². The molecule has 0 aliphatic carbocycles. The lowest BCUT2D eigenvalue weighted by atomic mass is 10.1. The fourth-order valence-corrected chi connectivity index (χ4v) is 1.09. The molecule has 0 radical (unpaired) electrons. The average molecular weight is 186 g/mol. The van der Waals surface area contributed by atoms with Crippen LogP contribution in [0.2, 0.25) is 0 Å². The maximum absolute atomic E-state index is 8.71. The van der Waals surface area contributed by atoms with Gasteiger partial charge in [0, 0.05) is 6.42 Å². The Labute approximate surface area is 82.6 Å². The fourth-order valence-electron chi connectivity index (χ4n) is 1.09. The zero-order chi connectivity index (χ0) is 10.4. The van der Waals surface area contributed by atoms with E-state index in [2.05, 4.69) is 11.7 Å². The Hall–Kier alpha value is -2.08. The minimum Gasteiger partial charge on any atom is -0.411 e. The highest BCUT2D eigenvalue weighted by Crippen LogP contribution is 2.07. The van der Waals surface area contributed by atoms with Crippen LogP contribution in [0, 0.1) is 11.3 Å². The van der Waals surface area contributed by atoms with Crippen molar-refractivity contribution in [3.8, 4) is 6.07 Å². The van der Waals surface area contributed by atoms with Gasteiger partial charge in [-0.05, 0) is 17.7 Å². The lowest BCUT2D eigenvalue weighted by molar-refractivity contribution is 0.318. The zero-order valence-corrected chi connectivity index (χ0v) is 7.64. The molecule has 0 spiro atoms. The number of oxime groups is 1. The second-order valence-corrected chi connectivity index (χ2v) is 2.73. The second kappa shape index (κ2) is 4.83. The Morgan fingerprint density at radius 2 is 2.14 bits per heavy atom.